The smallest absolute Gasteiger partial charge is 0.127 e. The maximum Gasteiger partial charge on any atom is 0.127 e. The van der Waals surface area contributed by atoms with Crippen LogP contribution in [0.1, 0.15) is 25.0 Å². The molecule has 150 valence electrons. The van der Waals surface area contributed by atoms with Crippen LogP contribution in [0.4, 0.5) is 0 Å². The second-order valence-corrected chi connectivity index (χ2v) is 7.25. The first-order valence-corrected chi connectivity index (χ1v) is 10.2. The Bertz CT molecular complexity index is 1180. The predicted molar refractivity (Wildman–Crippen MR) is 129 cm³/mol. The summed E-state index contributed by atoms with van der Waals surface area (Å²) in [4.78, 5) is 0. The molecule has 0 bridgehead atoms. The molecule has 0 heterocycles. The summed E-state index contributed by atoms with van der Waals surface area (Å²) in [5, 5.41) is 4.63. The Morgan fingerprint density at radius 2 is 1.00 bits per heavy atom. The van der Waals surface area contributed by atoms with Gasteiger partial charge in [0.05, 0.1) is 14.2 Å². The third-order valence-electron chi connectivity index (χ3n) is 5.42. The SMILES string of the molecule is C/C=C/c1ccc2c(-c3c(OC)ccc4cc(/C=C/C)ccc34)c(OC)ccc2c1. The highest BCUT2D eigenvalue weighted by atomic mass is 16.5. The Kier molecular flexibility index (Phi) is 5.58. The van der Waals surface area contributed by atoms with Gasteiger partial charge in [0.2, 0.25) is 0 Å². The molecule has 0 amide bonds. The van der Waals surface area contributed by atoms with Gasteiger partial charge in [-0.3, -0.25) is 0 Å². The van der Waals surface area contributed by atoms with Crippen LogP contribution in [0.2, 0.25) is 0 Å². The Balaban J connectivity index is 2.09. The molecular formula is C28H26O2. The van der Waals surface area contributed by atoms with Crippen molar-refractivity contribution < 1.29 is 9.47 Å². The van der Waals surface area contributed by atoms with Gasteiger partial charge in [0.15, 0.2) is 0 Å². The number of methoxy groups -OCH3 is 2. The first kappa shape index (κ1) is 19.8. The fourth-order valence-electron chi connectivity index (χ4n) is 4.10. The molecule has 2 nitrogen and oxygen atoms in total. The van der Waals surface area contributed by atoms with E-state index in [1.54, 1.807) is 14.2 Å². The van der Waals surface area contributed by atoms with Crippen LogP contribution >= 0.6 is 0 Å². The van der Waals surface area contributed by atoms with Crippen molar-refractivity contribution in [1.29, 1.82) is 0 Å². The minimum absolute atomic E-state index is 0.838. The van der Waals surface area contributed by atoms with Crippen molar-refractivity contribution in [1.82, 2.24) is 0 Å². The van der Waals surface area contributed by atoms with Crippen molar-refractivity contribution in [2.24, 2.45) is 0 Å². The van der Waals surface area contributed by atoms with Crippen molar-refractivity contribution in [3.63, 3.8) is 0 Å². The summed E-state index contributed by atoms with van der Waals surface area (Å²) in [5.41, 5.74) is 4.48. The molecule has 30 heavy (non-hydrogen) atoms. The molecule has 0 atom stereocenters. The van der Waals surface area contributed by atoms with Crippen LogP contribution in [0, 0.1) is 0 Å². The van der Waals surface area contributed by atoms with E-state index in [0.29, 0.717) is 0 Å². The maximum absolute atomic E-state index is 5.82. The molecule has 0 aliphatic carbocycles. The molecule has 0 aliphatic heterocycles. The molecular weight excluding hydrogens is 368 g/mol. The largest absolute Gasteiger partial charge is 0.496 e. The second-order valence-electron chi connectivity index (χ2n) is 7.25. The summed E-state index contributed by atoms with van der Waals surface area (Å²) in [7, 11) is 3.45. The van der Waals surface area contributed by atoms with Crippen LogP contribution in [0.25, 0.3) is 44.8 Å². The van der Waals surface area contributed by atoms with E-state index in [0.717, 1.165) is 33.4 Å². The van der Waals surface area contributed by atoms with E-state index in [1.165, 1.54) is 21.9 Å². The van der Waals surface area contributed by atoms with Gasteiger partial charge in [-0.25, -0.2) is 0 Å². The molecule has 0 fully saturated rings. The van der Waals surface area contributed by atoms with E-state index in [2.05, 4.69) is 72.8 Å². The number of allylic oxidation sites excluding steroid dienone is 2. The van der Waals surface area contributed by atoms with E-state index in [1.807, 2.05) is 26.0 Å². The van der Waals surface area contributed by atoms with E-state index in [-0.39, 0.29) is 0 Å². The molecule has 0 saturated heterocycles. The van der Waals surface area contributed by atoms with Crippen molar-refractivity contribution in [2.45, 2.75) is 13.8 Å². The third kappa shape index (κ3) is 3.46. The fourth-order valence-corrected chi connectivity index (χ4v) is 4.10. The monoisotopic (exact) mass is 394 g/mol. The van der Waals surface area contributed by atoms with Crippen molar-refractivity contribution in [3.8, 4) is 22.6 Å². The lowest BCUT2D eigenvalue weighted by molar-refractivity contribution is 0.411. The van der Waals surface area contributed by atoms with Gasteiger partial charge in [-0.05, 0) is 70.8 Å². The minimum Gasteiger partial charge on any atom is -0.496 e. The van der Waals surface area contributed by atoms with Gasteiger partial charge in [0, 0.05) is 11.1 Å². The number of hydrogen-bond acceptors (Lipinski definition) is 2. The lowest BCUT2D eigenvalue weighted by Gasteiger charge is -2.18. The van der Waals surface area contributed by atoms with Crippen molar-refractivity contribution in [2.75, 3.05) is 14.2 Å². The molecule has 2 heteroatoms. The Labute approximate surface area is 178 Å². The summed E-state index contributed by atoms with van der Waals surface area (Å²) in [6.07, 6.45) is 8.35. The van der Waals surface area contributed by atoms with E-state index >= 15 is 0 Å². The summed E-state index contributed by atoms with van der Waals surface area (Å²) >= 11 is 0. The van der Waals surface area contributed by atoms with Crippen molar-refractivity contribution in [3.05, 3.63) is 83.9 Å². The zero-order valence-corrected chi connectivity index (χ0v) is 17.9. The average Bonchev–Trinajstić information content (AvgIpc) is 2.78. The van der Waals surface area contributed by atoms with Crippen LogP contribution in [-0.4, -0.2) is 14.2 Å². The van der Waals surface area contributed by atoms with Crippen LogP contribution in [-0.2, 0) is 0 Å². The Morgan fingerprint density at radius 1 is 0.567 bits per heavy atom. The molecule has 4 aromatic rings. The molecule has 0 N–H and O–H groups in total. The second kappa shape index (κ2) is 8.46. The highest BCUT2D eigenvalue weighted by Gasteiger charge is 2.18. The Hall–Kier alpha value is -3.52. The van der Waals surface area contributed by atoms with Gasteiger partial charge in [-0.1, -0.05) is 60.7 Å². The number of benzene rings is 4. The predicted octanol–water partition coefficient (Wildman–Crippen LogP) is 7.74. The average molecular weight is 395 g/mol. The molecule has 0 saturated carbocycles. The van der Waals surface area contributed by atoms with Crippen LogP contribution in [0.15, 0.2) is 72.8 Å². The van der Waals surface area contributed by atoms with Crippen LogP contribution in [0.3, 0.4) is 0 Å². The summed E-state index contributed by atoms with van der Waals surface area (Å²) in [6.45, 7) is 4.07. The first-order chi connectivity index (χ1) is 14.7. The van der Waals surface area contributed by atoms with Gasteiger partial charge >= 0.3 is 0 Å². The van der Waals surface area contributed by atoms with E-state index < -0.39 is 0 Å². The quantitative estimate of drug-likeness (QED) is 0.344. The first-order valence-electron chi connectivity index (χ1n) is 10.2. The zero-order valence-electron chi connectivity index (χ0n) is 17.9. The number of hydrogen-bond donors (Lipinski definition) is 0. The van der Waals surface area contributed by atoms with E-state index in [4.69, 9.17) is 9.47 Å². The van der Waals surface area contributed by atoms with Gasteiger partial charge in [-0.15, -0.1) is 0 Å². The van der Waals surface area contributed by atoms with Crippen LogP contribution < -0.4 is 9.47 Å². The van der Waals surface area contributed by atoms with E-state index in [9.17, 15) is 0 Å². The molecule has 4 aromatic carbocycles. The molecule has 0 aromatic heterocycles. The molecule has 4 rings (SSSR count). The van der Waals surface area contributed by atoms with Gasteiger partial charge in [0.25, 0.3) is 0 Å². The normalized spacial score (nSPS) is 11.7. The molecule has 0 spiro atoms. The lowest BCUT2D eigenvalue weighted by atomic mass is 9.91. The van der Waals surface area contributed by atoms with Crippen molar-refractivity contribution >= 4 is 33.7 Å². The summed E-state index contributed by atoms with van der Waals surface area (Å²) in [6, 6.07) is 21.4. The van der Waals surface area contributed by atoms with Gasteiger partial charge in [0.1, 0.15) is 11.5 Å². The summed E-state index contributed by atoms with van der Waals surface area (Å²) < 4.78 is 11.6. The highest BCUT2D eigenvalue weighted by Crippen LogP contribution is 2.45. The minimum atomic E-state index is 0.838. The fraction of sp³-hybridized carbons (Fsp3) is 0.143. The van der Waals surface area contributed by atoms with Gasteiger partial charge < -0.3 is 9.47 Å². The lowest BCUT2D eigenvalue weighted by Crippen LogP contribution is -1.95. The third-order valence-corrected chi connectivity index (χ3v) is 5.42. The van der Waals surface area contributed by atoms with Gasteiger partial charge in [-0.2, -0.15) is 0 Å². The molecule has 0 aliphatic rings. The number of rotatable bonds is 5. The Morgan fingerprint density at radius 3 is 1.37 bits per heavy atom. The maximum atomic E-state index is 5.82. The topological polar surface area (TPSA) is 18.5 Å². The zero-order chi connectivity index (χ0) is 21.1. The van der Waals surface area contributed by atoms with Crippen LogP contribution in [0.5, 0.6) is 11.5 Å². The molecule has 0 unspecified atom stereocenters. The standard InChI is InChI=1S/C28H26O2/c1-5-7-19-9-13-23-21(17-19)11-15-25(29-3)27(23)28-24-14-10-20(8-6-2)18-22(24)12-16-26(28)30-4/h5-18H,1-4H3/b7-5+,8-6+. The highest BCUT2D eigenvalue weighted by molar-refractivity contribution is 6.10. The molecule has 0 radical (unpaired) electrons. The number of ether oxygens (including phenoxy) is 2. The summed E-state index contributed by atoms with van der Waals surface area (Å²) in [5.74, 6) is 1.68. The number of fused-ring (bicyclic) bond motifs is 2.